The zero-order chi connectivity index (χ0) is 15.4. The van der Waals surface area contributed by atoms with Crippen molar-refractivity contribution in [2.75, 3.05) is 6.54 Å². The molecule has 6 heteroatoms. The quantitative estimate of drug-likeness (QED) is 0.651. The van der Waals surface area contributed by atoms with Crippen LogP contribution < -0.4 is 5.32 Å². The molecular formula is C15H19N3O3. The molecule has 0 saturated carbocycles. The average molecular weight is 289 g/mol. The lowest BCUT2D eigenvalue weighted by molar-refractivity contribution is -0.384. The Balaban J connectivity index is 2.22. The molecule has 0 bridgehead atoms. The first-order chi connectivity index (χ1) is 9.99. The number of oxazole rings is 1. The Morgan fingerprint density at radius 2 is 2.19 bits per heavy atom. The number of nitrogens with one attached hydrogen (secondary N) is 1. The van der Waals surface area contributed by atoms with E-state index in [1.54, 1.807) is 25.1 Å². The fraction of sp³-hybridized carbons (Fsp3) is 0.400. The van der Waals surface area contributed by atoms with Crippen LogP contribution in [0.3, 0.4) is 0 Å². The van der Waals surface area contributed by atoms with E-state index in [4.69, 9.17) is 4.42 Å². The minimum Gasteiger partial charge on any atom is -0.439 e. The minimum absolute atomic E-state index is 0.0651. The van der Waals surface area contributed by atoms with Crippen LogP contribution in [0.25, 0.3) is 11.3 Å². The van der Waals surface area contributed by atoms with Gasteiger partial charge in [0.1, 0.15) is 0 Å². The van der Waals surface area contributed by atoms with Crippen molar-refractivity contribution in [1.29, 1.82) is 0 Å². The number of aromatic nitrogens is 1. The molecule has 6 nitrogen and oxygen atoms in total. The number of nitro benzene ring substituents is 1. The third-order valence-corrected chi connectivity index (χ3v) is 3.07. The molecule has 112 valence electrons. The molecule has 1 heterocycles. The normalized spacial score (nSPS) is 11.0. The average Bonchev–Trinajstić information content (AvgIpc) is 2.86. The smallest absolute Gasteiger partial charge is 0.283 e. The summed E-state index contributed by atoms with van der Waals surface area (Å²) in [6.45, 7) is 7.32. The molecule has 0 aliphatic heterocycles. The first kappa shape index (κ1) is 15.2. The van der Waals surface area contributed by atoms with Crippen LogP contribution in [0.5, 0.6) is 0 Å². The molecule has 2 aromatic rings. The van der Waals surface area contributed by atoms with Gasteiger partial charge in [0.25, 0.3) is 5.69 Å². The van der Waals surface area contributed by atoms with Crippen molar-refractivity contribution in [3.8, 4) is 11.3 Å². The van der Waals surface area contributed by atoms with Gasteiger partial charge in [0.15, 0.2) is 5.76 Å². The molecule has 0 aliphatic carbocycles. The van der Waals surface area contributed by atoms with E-state index in [-0.39, 0.29) is 10.6 Å². The summed E-state index contributed by atoms with van der Waals surface area (Å²) < 4.78 is 5.62. The van der Waals surface area contributed by atoms with Crippen molar-refractivity contribution in [2.24, 2.45) is 5.92 Å². The van der Waals surface area contributed by atoms with Crippen molar-refractivity contribution in [3.05, 3.63) is 46.0 Å². The Bertz CT molecular complexity index is 635. The van der Waals surface area contributed by atoms with Gasteiger partial charge in [0, 0.05) is 5.56 Å². The largest absolute Gasteiger partial charge is 0.439 e. The molecule has 21 heavy (non-hydrogen) atoms. The molecule has 0 radical (unpaired) electrons. The van der Waals surface area contributed by atoms with E-state index in [0.29, 0.717) is 35.2 Å². The molecule has 0 unspecified atom stereocenters. The van der Waals surface area contributed by atoms with Crippen LogP contribution in [0, 0.1) is 23.0 Å². The van der Waals surface area contributed by atoms with E-state index in [1.165, 1.54) is 6.20 Å². The number of para-hydroxylation sites is 1. The van der Waals surface area contributed by atoms with Crippen LogP contribution in [-0.2, 0) is 6.54 Å². The van der Waals surface area contributed by atoms with Crippen LogP contribution in [0.4, 0.5) is 5.69 Å². The van der Waals surface area contributed by atoms with Gasteiger partial charge < -0.3 is 9.73 Å². The second-order valence-electron chi connectivity index (χ2n) is 5.37. The number of nitrogens with zero attached hydrogens (tertiary/aromatic N) is 2. The van der Waals surface area contributed by atoms with Gasteiger partial charge in [0.2, 0.25) is 5.89 Å². The summed E-state index contributed by atoms with van der Waals surface area (Å²) in [5, 5.41) is 14.4. The maximum absolute atomic E-state index is 11.2. The minimum atomic E-state index is -0.385. The van der Waals surface area contributed by atoms with E-state index in [1.807, 2.05) is 0 Å². The van der Waals surface area contributed by atoms with Gasteiger partial charge in [-0.15, -0.1) is 0 Å². The monoisotopic (exact) mass is 289 g/mol. The van der Waals surface area contributed by atoms with Crippen LogP contribution in [0.1, 0.15) is 25.3 Å². The molecular weight excluding hydrogens is 270 g/mol. The van der Waals surface area contributed by atoms with E-state index in [2.05, 4.69) is 24.1 Å². The number of hydrogen-bond donors (Lipinski definition) is 1. The van der Waals surface area contributed by atoms with E-state index in [9.17, 15) is 10.1 Å². The first-order valence-electron chi connectivity index (χ1n) is 6.89. The van der Waals surface area contributed by atoms with Gasteiger partial charge in [-0.2, -0.15) is 0 Å². The molecule has 0 spiro atoms. The number of aryl methyl sites for hydroxylation is 1. The van der Waals surface area contributed by atoms with E-state index < -0.39 is 0 Å². The lowest BCUT2D eigenvalue weighted by Crippen LogP contribution is -2.18. The predicted octanol–water partition coefficient (Wildman–Crippen LogP) is 3.30. The molecule has 0 aliphatic rings. The summed E-state index contributed by atoms with van der Waals surface area (Å²) in [5.74, 6) is 1.49. The molecule has 0 atom stereocenters. The molecule has 0 amide bonds. The summed E-state index contributed by atoms with van der Waals surface area (Å²) in [6.07, 6.45) is 1.54. The highest BCUT2D eigenvalue weighted by molar-refractivity contribution is 5.71. The van der Waals surface area contributed by atoms with Gasteiger partial charge >= 0.3 is 0 Å². The van der Waals surface area contributed by atoms with Gasteiger partial charge in [-0.05, 0) is 25.5 Å². The maximum Gasteiger partial charge on any atom is 0.283 e. The molecule has 0 saturated heterocycles. The van der Waals surface area contributed by atoms with Gasteiger partial charge in [0.05, 0.1) is 23.2 Å². The van der Waals surface area contributed by atoms with E-state index in [0.717, 1.165) is 6.54 Å². The summed E-state index contributed by atoms with van der Waals surface area (Å²) >= 11 is 0. The van der Waals surface area contributed by atoms with Gasteiger partial charge in [-0.25, -0.2) is 4.98 Å². The Hall–Kier alpha value is -2.21. The summed E-state index contributed by atoms with van der Waals surface area (Å²) in [4.78, 5) is 15.0. The zero-order valence-corrected chi connectivity index (χ0v) is 12.4. The van der Waals surface area contributed by atoms with Crippen molar-refractivity contribution >= 4 is 5.69 Å². The fourth-order valence-electron chi connectivity index (χ4n) is 2.08. The van der Waals surface area contributed by atoms with E-state index >= 15 is 0 Å². The molecule has 2 rings (SSSR count). The molecule has 1 aromatic heterocycles. The second-order valence-corrected chi connectivity index (χ2v) is 5.37. The van der Waals surface area contributed by atoms with Crippen LogP contribution in [0.15, 0.2) is 28.8 Å². The number of hydrogen-bond acceptors (Lipinski definition) is 5. The van der Waals surface area contributed by atoms with Crippen LogP contribution >= 0.6 is 0 Å². The Kier molecular flexibility index (Phi) is 4.70. The zero-order valence-electron chi connectivity index (χ0n) is 12.4. The van der Waals surface area contributed by atoms with Crippen molar-refractivity contribution in [3.63, 3.8) is 0 Å². The van der Waals surface area contributed by atoms with Gasteiger partial charge in [-0.3, -0.25) is 10.1 Å². The first-order valence-corrected chi connectivity index (χ1v) is 6.89. The Morgan fingerprint density at radius 3 is 2.86 bits per heavy atom. The lowest BCUT2D eigenvalue weighted by atomic mass is 10.1. The maximum atomic E-state index is 11.2. The number of benzene rings is 1. The summed E-state index contributed by atoms with van der Waals surface area (Å²) in [5.41, 5.74) is 1.13. The molecule has 1 aromatic carbocycles. The SMILES string of the molecule is Cc1cccc(-c2cnc(CNCC(C)C)o2)c1[N+](=O)[O-]. The standard InChI is InChI=1S/C15H19N3O3/c1-10(2)7-16-9-14-17-8-13(21-14)12-6-4-5-11(3)15(12)18(19)20/h4-6,8,10,16H,7,9H2,1-3H3. The van der Waals surface area contributed by atoms with Crippen molar-refractivity contribution in [2.45, 2.75) is 27.3 Å². The fourth-order valence-corrected chi connectivity index (χ4v) is 2.08. The van der Waals surface area contributed by atoms with Gasteiger partial charge in [-0.1, -0.05) is 26.0 Å². The number of nitro groups is 1. The Morgan fingerprint density at radius 1 is 1.43 bits per heavy atom. The third kappa shape index (κ3) is 3.66. The van der Waals surface area contributed by atoms with Crippen molar-refractivity contribution in [1.82, 2.24) is 10.3 Å². The third-order valence-electron chi connectivity index (χ3n) is 3.07. The highest BCUT2D eigenvalue weighted by Crippen LogP contribution is 2.32. The molecule has 1 N–H and O–H groups in total. The lowest BCUT2D eigenvalue weighted by Gasteiger charge is -2.04. The highest BCUT2D eigenvalue weighted by atomic mass is 16.6. The van der Waals surface area contributed by atoms with Crippen LogP contribution in [-0.4, -0.2) is 16.5 Å². The number of rotatable bonds is 6. The second kappa shape index (κ2) is 6.49. The topological polar surface area (TPSA) is 81.2 Å². The van der Waals surface area contributed by atoms with Crippen LogP contribution in [0.2, 0.25) is 0 Å². The predicted molar refractivity (Wildman–Crippen MR) is 79.9 cm³/mol. The summed E-state index contributed by atoms with van der Waals surface area (Å²) in [6, 6.07) is 5.16. The summed E-state index contributed by atoms with van der Waals surface area (Å²) in [7, 11) is 0. The molecule has 0 fully saturated rings. The highest BCUT2D eigenvalue weighted by Gasteiger charge is 2.21. The van der Waals surface area contributed by atoms with Crippen molar-refractivity contribution < 1.29 is 9.34 Å². The Labute approximate surface area is 123 Å².